The highest BCUT2D eigenvalue weighted by Crippen LogP contribution is 2.30. The zero-order chi connectivity index (χ0) is 22.6. The average molecular weight is 484 g/mol. The lowest BCUT2D eigenvalue weighted by Gasteiger charge is -2.30. The van der Waals surface area contributed by atoms with Crippen molar-refractivity contribution >= 4 is 56.2 Å². The van der Waals surface area contributed by atoms with E-state index in [4.69, 9.17) is 23.2 Å². The maximum atomic E-state index is 13.1. The molecule has 0 saturated carbocycles. The Hall–Kier alpha value is -1.96. The van der Waals surface area contributed by atoms with Gasteiger partial charge in [-0.3, -0.25) is 9.10 Å². The van der Waals surface area contributed by atoms with Gasteiger partial charge in [-0.1, -0.05) is 30.1 Å². The van der Waals surface area contributed by atoms with E-state index >= 15 is 0 Å². The fourth-order valence-corrected chi connectivity index (χ4v) is 5.57. The number of carbonyl (C=O) groups is 1. The van der Waals surface area contributed by atoms with Crippen LogP contribution in [0.25, 0.3) is 0 Å². The van der Waals surface area contributed by atoms with Crippen LogP contribution in [-0.4, -0.2) is 39.7 Å². The summed E-state index contributed by atoms with van der Waals surface area (Å²) in [5.74, 6) is -0.422. The number of piperidine rings is 1. The third-order valence-electron chi connectivity index (χ3n) is 5.29. The molecule has 2 aromatic carbocycles. The van der Waals surface area contributed by atoms with Gasteiger partial charge in [0.1, 0.15) is 6.04 Å². The lowest BCUT2D eigenvalue weighted by Crippen LogP contribution is -2.47. The molecule has 1 N–H and O–H groups in total. The van der Waals surface area contributed by atoms with Crippen molar-refractivity contribution in [3.63, 3.8) is 0 Å². The van der Waals surface area contributed by atoms with Gasteiger partial charge in [0.15, 0.2) is 0 Å². The molecule has 1 saturated heterocycles. The minimum absolute atomic E-state index is 0.252. The molecule has 1 aliphatic heterocycles. The van der Waals surface area contributed by atoms with Crippen molar-refractivity contribution in [2.45, 2.75) is 38.6 Å². The highest BCUT2D eigenvalue weighted by Gasteiger charge is 2.32. The molecule has 0 bridgehead atoms. The third-order valence-corrected chi connectivity index (χ3v) is 6.90. The van der Waals surface area contributed by atoms with Crippen molar-refractivity contribution in [2.24, 2.45) is 0 Å². The molecule has 0 aromatic heterocycles. The van der Waals surface area contributed by atoms with Gasteiger partial charge in [-0.2, -0.15) is 0 Å². The summed E-state index contributed by atoms with van der Waals surface area (Å²) in [6.07, 6.45) is 4.97. The van der Waals surface area contributed by atoms with Gasteiger partial charge in [-0.15, -0.1) is 0 Å². The van der Waals surface area contributed by atoms with Crippen molar-refractivity contribution in [3.8, 4) is 0 Å². The molecule has 0 spiro atoms. The molecule has 9 heteroatoms. The van der Waals surface area contributed by atoms with Crippen molar-refractivity contribution in [3.05, 3.63) is 52.5 Å². The van der Waals surface area contributed by atoms with Crippen LogP contribution >= 0.6 is 23.2 Å². The molecule has 1 fully saturated rings. The number of hydrogen-bond donors (Lipinski definition) is 1. The van der Waals surface area contributed by atoms with E-state index < -0.39 is 22.0 Å². The quantitative estimate of drug-likeness (QED) is 0.589. The van der Waals surface area contributed by atoms with Crippen molar-refractivity contribution < 1.29 is 13.2 Å². The Morgan fingerprint density at radius 2 is 1.65 bits per heavy atom. The molecule has 31 heavy (non-hydrogen) atoms. The monoisotopic (exact) mass is 483 g/mol. The van der Waals surface area contributed by atoms with Gasteiger partial charge in [0, 0.05) is 34.5 Å². The molecule has 0 aliphatic carbocycles. The second kappa shape index (κ2) is 10.1. The molecule has 1 aliphatic rings. The van der Waals surface area contributed by atoms with E-state index in [2.05, 4.69) is 10.2 Å². The van der Waals surface area contributed by atoms with Crippen LogP contribution in [0.4, 0.5) is 17.1 Å². The molecular weight excluding hydrogens is 457 g/mol. The Bertz CT molecular complexity index is 1000. The lowest BCUT2D eigenvalue weighted by molar-refractivity contribution is -0.117. The predicted molar refractivity (Wildman–Crippen MR) is 129 cm³/mol. The van der Waals surface area contributed by atoms with E-state index in [1.807, 2.05) is 24.3 Å². The summed E-state index contributed by atoms with van der Waals surface area (Å²) in [5, 5.41) is 3.43. The molecular formula is C22H27Cl2N3O3S. The first-order chi connectivity index (χ1) is 14.7. The average Bonchev–Trinajstić information content (AvgIpc) is 2.71. The first-order valence-electron chi connectivity index (χ1n) is 10.3. The normalized spacial score (nSPS) is 15.4. The Kier molecular flexibility index (Phi) is 7.73. The molecule has 1 unspecified atom stereocenters. The number of carbonyl (C=O) groups excluding carboxylic acids is 1. The molecule has 1 atom stereocenters. The number of rotatable bonds is 7. The third kappa shape index (κ3) is 6.05. The number of nitrogens with one attached hydrogen (secondary N) is 1. The van der Waals surface area contributed by atoms with Crippen molar-refractivity contribution in [2.75, 3.05) is 33.9 Å². The van der Waals surface area contributed by atoms with Gasteiger partial charge in [-0.25, -0.2) is 8.42 Å². The van der Waals surface area contributed by atoms with E-state index in [1.54, 1.807) is 6.92 Å². The number of anilines is 3. The Morgan fingerprint density at radius 3 is 2.16 bits per heavy atom. The van der Waals surface area contributed by atoms with Crippen LogP contribution in [0.2, 0.25) is 10.0 Å². The zero-order valence-electron chi connectivity index (χ0n) is 17.6. The van der Waals surface area contributed by atoms with Gasteiger partial charge in [0.2, 0.25) is 15.9 Å². The van der Waals surface area contributed by atoms with E-state index in [0.717, 1.165) is 29.3 Å². The number of nitrogens with zero attached hydrogens (tertiary/aromatic N) is 2. The van der Waals surface area contributed by atoms with Crippen LogP contribution in [0, 0.1) is 0 Å². The van der Waals surface area contributed by atoms with E-state index in [1.165, 1.54) is 37.5 Å². The highest BCUT2D eigenvalue weighted by molar-refractivity contribution is 7.92. The highest BCUT2D eigenvalue weighted by atomic mass is 35.5. The van der Waals surface area contributed by atoms with E-state index in [-0.39, 0.29) is 12.1 Å². The van der Waals surface area contributed by atoms with Crippen LogP contribution in [0.5, 0.6) is 0 Å². The molecule has 168 valence electrons. The molecule has 1 heterocycles. The summed E-state index contributed by atoms with van der Waals surface area (Å²) in [6.45, 7) is 3.83. The molecule has 2 aromatic rings. The molecule has 3 rings (SSSR count). The maximum absolute atomic E-state index is 13.1. The summed E-state index contributed by atoms with van der Waals surface area (Å²) < 4.78 is 26.2. The topological polar surface area (TPSA) is 69.7 Å². The fraction of sp³-hybridized carbons (Fsp3) is 0.409. The standard InChI is InChI=1S/C22H27Cl2N3O3S/c1-3-21(27(31(2,29)30)20-14-16(23)13-17(24)15-20)22(28)25-18-7-9-19(10-8-18)26-11-5-4-6-12-26/h7-10,13-15,21H,3-6,11-12H2,1-2H3,(H,25,28). The summed E-state index contributed by atoms with van der Waals surface area (Å²) in [6, 6.07) is 11.2. The SMILES string of the molecule is CCC(C(=O)Nc1ccc(N2CCCCC2)cc1)N(c1cc(Cl)cc(Cl)c1)S(C)(=O)=O. The maximum Gasteiger partial charge on any atom is 0.248 e. The largest absolute Gasteiger partial charge is 0.372 e. The van der Waals surface area contributed by atoms with Gasteiger partial charge >= 0.3 is 0 Å². The van der Waals surface area contributed by atoms with Crippen molar-refractivity contribution in [1.82, 2.24) is 0 Å². The minimum atomic E-state index is -3.77. The fourth-order valence-electron chi connectivity index (χ4n) is 3.86. The first kappa shape index (κ1) is 23.7. The number of hydrogen-bond acceptors (Lipinski definition) is 4. The summed E-state index contributed by atoms with van der Waals surface area (Å²) >= 11 is 12.1. The number of benzene rings is 2. The summed E-state index contributed by atoms with van der Waals surface area (Å²) in [7, 11) is -3.77. The number of sulfonamides is 1. The lowest BCUT2D eigenvalue weighted by atomic mass is 10.1. The van der Waals surface area contributed by atoms with E-state index in [0.29, 0.717) is 15.7 Å². The first-order valence-corrected chi connectivity index (χ1v) is 12.9. The number of amides is 1. The summed E-state index contributed by atoms with van der Waals surface area (Å²) in [4.78, 5) is 15.4. The van der Waals surface area contributed by atoms with E-state index in [9.17, 15) is 13.2 Å². The second-order valence-electron chi connectivity index (χ2n) is 7.69. The van der Waals surface area contributed by atoms with Gasteiger partial charge in [0.25, 0.3) is 0 Å². The van der Waals surface area contributed by atoms with Crippen LogP contribution in [0.15, 0.2) is 42.5 Å². The smallest absolute Gasteiger partial charge is 0.248 e. The minimum Gasteiger partial charge on any atom is -0.372 e. The Balaban J connectivity index is 1.81. The van der Waals surface area contributed by atoms with Crippen LogP contribution < -0.4 is 14.5 Å². The summed E-state index contributed by atoms with van der Waals surface area (Å²) in [5.41, 5.74) is 1.99. The molecule has 0 radical (unpaired) electrons. The van der Waals surface area contributed by atoms with Crippen molar-refractivity contribution in [1.29, 1.82) is 0 Å². The molecule has 1 amide bonds. The zero-order valence-corrected chi connectivity index (χ0v) is 20.0. The predicted octanol–water partition coefficient (Wildman–Crippen LogP) is 5.17. The second-order valence-corrected chi connectivity index (χ2v) is 10.4. The number of halogens is 2. The Labute approximate surface area is 194 Å². The van der Waals surface area contributed by atoms with Crippen LogP contribution in [0.1, 0.15) is 32.6 Å². The van der Waals surface area contributed by atoms with Gasteiger partial charge in [-0.05, 0) is 68.1 Å². The van der Waals surface area contributed by atoms with Gasteiger partial charge in [0.05, 0.1) is 11.9 Å². The van der Waals surface area contributed by atoms with Gasteiger partial charge < -0.3 is 10.2 Å². The van der Waals surface area contributed by atoms with Crippen LogP contribution in [0.3, 0.4) is 0 Å². The van der Waals surface area contributed by atoms with Crippen LogP contribution in [-0.2, 0) is 14.8 Å². The Morgan fingerprint density at radius 1 is 1.06 bits per heavy atom. The molecule has 6 nitrogen and oxygen atoms in total.